The number of ether oxygens (including phenoxy) is 2. The fourth-order valence-corrected chi connectivity index (χ4v) is 3.48. The van der Waals surface area contributed by atoms with Crippen molar-refractivity contribution < 1.29 is 27.2 Å². The zero-order valence-corrected chi connectivity index (χ0v) is 17.7. The highest BCUT2D eigenvalue weighted by Gasteiger charge is 2.28. The number of benzene rings is 1. The average Bonchev–Trinajstić information content (AvgIpc) is 3.09. The molecule has 0 spiro atoms. The number of likely N-dealkylation sites (tertiary alicyclic amines) is 1. The number of amides is 1. The summed E-state index contributed by atoms with van der Waals surface area (Å²) >= 11 is 0. The Hall–Kier alpha value is -2.62. The third-order valence-corrected chi connectivity index (χ3v) is 5.44. The van der Waals surface area contributed by atoms with E-state index in [1.807, 2.05) is 20.8 Å². The number of nitrogens with zero attached hydrogens (tertiary/aromatic N) is 3. The molecule has 29 heavy (non-hydrogen) atoms. The van der Waals surface area contributed by atoms with Crippen LogP contribution in [0, 0.1) is 0 Å². The van der Waals surface area contributed by atoms with Crippen LogP contribution in [0.1, 0.15) is 33.6 Å². The predicted octanol–water partition coefficient (Wildman–Crippen LogP) is 2.92. The summed E-state index contributed by atoms with van der Waals surface area (Å²) in [4.78, 5) is 18.2. The lowest BCUT2D eigenvalue weighted by Crippen LogP contribution is -2.44. The van der Waals surface area contributed by atoms with E-state index in [4.69, 9.17) is 14.0 Å². The number of aromatic nitrogens is 2. The van der Waals surface area contributed by atoms with Crippen molar-refractivity contribution in [2.24, 2.45) is 0 Å². The van der Waals surface area contributed by atoms with Crippen molar-refractivity contribution in [1.82, 2.24) is 15.0 Å². The second-order valence-electron chi connectivity index (χ2n) is 7.97. The topological polar surface area (TPSA) is 112 Å². The first-order valence-electron chi connectivity index (χ1n) is 9.30. The zero-order chi connectivity index (χ0) is 21.2. The first kappa shape index (κ1) is 21.1. The summed E-state index contributed by atoms with van der Waals surface area (Å²) in [5.41, 5.74) is 0.0974. The SMILES string of the molecule is CC(C)(C)OC(=O)N1CCC(Oc2nc(-c3ccc(S(C)(=O)=O)cc3)no2)CC1. The Morgan fingerprint density at radius 2 is 1.79 bits per heavy atom. The van der Waals surface area contributed by atoms with E-state index < -0.39 is 15.4 Å². The number of carbonyl (C=O) groups is 1. The molecular formula is C19H25N3O6S. The third-order valence-electron chi connectivity index (χ3n) is 4.31. The van der Waals surface area contributed by atoms with Gasteiger partial charge >= 0.3 is 12.2 Å². The summed E-state index contributed by atoms with van der Waals surface area (Å²) < 4.78 is 39.4. The van der Waals surface area contributed by atoms with Crippen molar-refractivity contribution in [1.29, 1.82) is 0 Å². The highest BCUT2D eigenvalue weighted by atomic mass is 32.2. The van der Waals surface area contributed by atoms with Crippen LogP contribution >= 0.6 is 0 Å². The fourth-order valence-electron chi connectivity index (χ4n) is 2.85. The monoisotopic (exact) mass is 423 g/mol. The molecule has 1 saturated heterocycles. The molecule has 2 heterocycles. The molecule has 0 unspecified atom stereocenters. The van der Waals surface area contributed by atoms with Crippen LogP contribution in [0.15, 0.2) is 33.7 Å². The number of hydrogen-bond donors (Lipinski definition) is 0. The summed E-state index contributed by atoms with van der Waals surface area (Å²) in [5.74, 6) is 0.311. The van der Waals surface area contributed by atoms with Crippen molar-refractivity contribution in [3.8, 4) is 17.5 Å². The standard InChI is InChI=1S/C19H25N3O6S/c1-19(2,3)27-18(23)22-11-9-14(10-12-22)26-17-20-16(21-28-17)13-5-7-15(8-6-13)29(4,24)25/h5-8,14H,9-12H2,1-4H3. The molecule has 0 aliphatic carbocycles. The van der Waals surface area contributed by atoms with Gasteiger partial charge in [0.1, 0.15) is 11.7 Å². The molecule has 0 atom stereocenters. The van der Waals surface area contributed by atoms with E-state index in [1.54, 1.807) is 17.0 Å². The number of piperidine rings is 1. The number of carbonyl (C=O) groups excluding carboxylic acids is 1. The van der Waals surface area contributed by atoms with E-state index in [0.29, 0.717) is 37.3 Å². The van der Waals surface area contributed by atoms with Crippen LogP contribution in [0.3, 0.4) is 0 Å². The lowest BCUT2D eigenvalue weighted by molar-refractivity contribution is 0.00925. The minimum absolute atomic E-state index is 0.0444. The summed E-state index contributed by atoms with van der Waals surface area (Å²) in [6.07, 6.45) is 1.97. The predicted molar refractivity (Wildman–Crippen MR) is 104 cm³/mol. The normalized spacial score (nSPS) is 15.9. The van der Waals surface area contributed by atoms with Crippen LogP contribution in [0.4, 0.5) is 4.79 Å². The van der Waals surface area contributed by atoms with Gasteiger partial charge in [-0.2, -0.15) is 4.98 Å². The average molecular weight is 423 g/mol. The van der Waals surface area contributed by atoms with E-state index >= 15 is 0 Å². The van der Waals surface area contributed by atoms with Gasteiger partial charge in [0.2, 0.25) is 5.82 Å². The molecular weight excluding hydrogens is 398 g/mol. The molecule has 1 fully saturated rings. The molecule has 3 rings (SSSR count). The molecule has 1 aromatic heterocycles. The molecule has 10 heteroatoms. The van der Waals surface area contributed by atoms with Gasteiger partial charge in [-0.25, -0.2) is 13.2 Å². The maximum absolute atomic E-state index is 12.1. The second-order valence-corrected chi connectivity index (χ2v) is 9.98. The van der Waals surface area contributed by atoms with E-state index in [0.717, 1.165) is 6.26 Å². The van der Waals surface area contributed by atoms with Gasteiger partial charge in [0, 0.05) is 37.8 Å². The molecule has 0 saturated carbocycles. The maximum atomic E-state index is 12.1. The van der Waals surface area contributed by atoms with Crippen LogP contribution in [0.5, 0.6) is 6.08 Å². The molecule has 1 aliphatic rings. The van der Waals surface area contributed by atoms with Crippen LogP contribution in [0.2, 0.25) is 0 Å². The lowest BCUT2D eigenvalue weighted by atomic mass is 10.1. The highest BCUT2D eigenvalue weighted by Crippen LogP contribution is 2.23. The molecule has 158 valence electrons. The van der Waals surface area contributed by atoms with Crippen LogP contribution in [0.25, 0.3) is 11.4 Å². The Labute approximate surface area is 169 Å². The Morgan fingerprint density at radius 3 is 2.34 bits per heavy atom. The van der Waals surface area contributed by atoms with Crippen molar-refractivity contribution in [3.63, 3.8) is 0 Å². The largest absolute Gasteiger partial charge is 0.445 e. The van der Waals surface area contributed by atoms with Crippen molar-refractivity contribution in [2.45, 2.75) is 50.2 Å². The minimum atomic E-state index is -3.26. The number of sulfone groups is 1. The van der Waals surface area contributed by atoms with E-state index in [1.165, 1.54) is 12.1 Å². The Morgan fingerprint density at radius 1 is 1.17 bits per heavy atom. The smallest absolute Gasteiger partial charge is 0.417 e. The highest BCUT2D eigenvalue weighted by molar-refractivity contribution is 7.90. The summed E-state index contributed by atoms with van der Waals surface area (Å²) in [5, 5.41) is 3.88. The van der Waals surface area contributed by atoms with Crippen LogP contribution in [-0.2, 0) is 14.6 Å². The summed E-state index contributed by atoms with van der Waals surface area (Å²) in [6, 6.07) is 6.22. The molecule has 1 aliphatic heterocycles. The van der Waals surface area contributed by atoms with Gasteiger partial charge in [0.05, 0.1) is 4.90 Å². The van der Waals surface area contributed by atoms with Gasteiger partial charge in [-0.1, -0.05) is 5.16 Å². The summed E-state index contributed by atoms with van der Waals surface area (Å²) in [7, 11) is -3.26. The van der Waals surface area contributed by atoms with Gasteiger partial charge in [0.25, 0.3) is 0 Å². The van der Waals surface area contributed by atoms with Crippen molar-refractivity contribution in [2.75, 3.05) is 19.3 Å². The summed E-state index contributed by atoms with van der Waals surface area (Å²) in [6.45, 7) is 6.55. The van der Waals surface area contributed by atoms with Crippen molar-refractivity contribution >= 4 is 15.9 Å². The van der Waals surface area contributed by atoms with Gasteiger partial charge < -0.3 is 14.4 Å². The molecule has 0 bridgehead atoms. The van der Waals surface area contributed by atoms with Crippen LogP contribution in [-0.4, -0.2) is 60.6 Å². The van der Waals surface area contributed by atoms with E-state index in [9.17, 15) is 13.2 Å². The Kier molecular flexibility index (Phi) is 5.83. The second kappa shape index (κ2) is 8.02. The van der Waals surface area contributed by atoms with Crippen LogP contribution < -0.4 is 4.74 Å². The molecule has 2 aromatic rings. The van der Waals surface area contributed by atoms with Crippen molar-refractivity contribution in [3.05, 3.63) is 24.3 Å². The van der Waals surface area contributed by atoms with Gasteiger partial charge in [-0.05, 0) is 45.0 Å². The Bertz CT molecular complexity index is 955. The van der Waals surface area contributed by atoms with Gasteiger partial charge in [-0.15, -0.1) is 0 Å². The maximum Gasteiger partial charge on any atom is 0.417 e. The van der Waals surface area contributed by atoms with E-state index in [-0.39, 0.29) is 23.2 Å². The zero-order valence-electron chi connectivity index (χ0n) is 16.9. The fraction of sp³-hybridized carbons (Fsp3) is 0.526. The Balaban J connectivity index is 1.55. The third kappa shape index (κ3) is 5.69. The van der Waals surface area contributed by atoms with Gasteiger partial charge in [0.15, 0.2) is 9.84 Å². The number of hydrogen-bond acceptors (Lipinski definition) is 8. The first-order chi connectivity index (χ1) is 13.5. The quantitative estimate of drug-likeness (QED) is 0.738. The molecule has 9 nitrogen and oxygen atoms in total. The minimum Gasteiger partial charge on any atom is -0.445 e. The molecule has 1 aromatic carbocycles. The van der Waals surface area contributed by atoms with Gasteiger partial charge in [-0.3, -0.25) is 4.52 Å². The lowest BCUT2D eigenvalue weighted by Gasteiger charge is -2.32. The molecule has 0 radical (unpaired) electrons. The van der Waals surface area contributed by atoms with E-state index in [2.05, 4.69) is 10.1 Å². The first-order valence-corrected chi connectivity index (χ1v) is 11.2. The number of rotatable bonds is 4. The molecule has 0 N–H and O–H groups in total. The molecule has 1 amide bonds.